The normalized spacial score (nSPS) is 11.6. The summed E-state index contributed by atoms with van der Waals surface area (Å²) in [4.78, 5) is 2.43. The van der Waals surface area contributed by atoms with Crippen molar-refractivity contribution in [3.05, 3.63) is 212 Å². The molecule has 0 aliphatic carbocycles. The van der Waals surface area contributed by atoms with Crippen LogP contribution in [0.2, 0.25) is 0 Å². The van der Waals surface area contributed by atoms with Crippen LogP contribution in [0.3, 0.4) is 0 Å². The highest BCUT2D eigenvalue weighted by molar-refractivity contribution is 7.25. The molecule has 0 atom stereocenters. The molecule has 0 spiro atoms. The molecule has 0 saturated carbocycles. The van der Waals surface area contributed by atoms with Crippen molar-refractivity contribution in [2.45, 2.75) is 0 Å². The zero-order valence-corrected chi connectivity index (χ0v) is 31.4. The second-order valence-electron chi connectivity index (χ2n) is 14.5. The Morgan fingerprint density at radius 1 is 0.268 bits per heavy atom. The Morgan fingerprint density at radius 3 is 1.48 bits per heavy atom. The zero-order chi connectivity index (χ0) is 37.0. The van der Waals surface area contributed by atoms with Crippen molar-refractivity contribution in [2.75, 3.05) is 4.90 Å². The van der Waals surface area contributed by atoms with Gasteiger partial charge in [-0.1, -0.05) is 164 Å². The fraction of sp³-hybridized carbons (Fsp3) is 0. The molecule has 56 heavy (non-hydrogen) atoms. The van der Waals surface area contributed by atoms with Gasteiger partial charge in [-0.15, -0.1) is 11.3 Å². The van der Waals surface area contributed by atoms with Gasteiger partial charge in [-0.25, -0.2) is 0 Å². The Morgan fingerprint density at radius 2 is 0.750 bits per heavy atom. The minimum atomic E-state index is 1.11. The lowest BCUT2D eigenvalue weighted by Gasteiger charge is -2.28. The summed E-state index contributed by atoms with van der Waals surface area (Å²) in [5, 5.41) is 10.3. The van der Waals surface area contributed by atoms with Crippen LogP contribution in [-0.2, 0) is 0 Å². The van der Waals surface area contributed by atoms with Crippen LogP contribution in [0.5, 0.6) is 0 Å². The first kappa shape index (κ1) is 32.4. The van der Waals surface area contributed by atoms with E-state index in [2.05, 4.69) is 217 Å². The third-order valence-electron chi connectivity index (χ3n) is 11.3. The molecule has 0 aliphatic heterocycles. The number of rotatable bonds is 6. The molecule has 0 bridgehead atoms. The summed E-state index contributed by atoms with van der Waals surface area (Å²) in [6.45, 7) is 0. The van der Waals surface area contributed by atoms with E-state index >= 15 is 0 Å². The lowest BCUT2D eigenvalue weighted by molar-refractivity contribution is 1.29. The number of nitrogens with zero attached hydrogens (tertiary/aromatic N) is 1. The highest BCUT2D eigenvalue weighted by Gasteiger charge is 2.19. The summed E-state index contributed by atoms with van der Waals surface area (Å²) in [7, 11) is 0. The fourth-order valence-electron chi connectivity index (χ4n) is 8.56. The fourth-order valence-corrected chi connectivity index (χ4v) is 9.64. The SMILES string of the molecule is c1ccc(-c2ccc(-c3ccccc3N(c3ccc(-c4ccc5sc6ccccc6c5c4)cc3)c3ccc4c5ccccc5c5ccccc5c4c3)cc2)cc1. The van der Waals surface area contributed by atoms with E-state index in [-0.39, 0.29) is 0 Å². The second kappa shape index (κ2) is 13.4. The summed E-state index contributed by atoms with van der Waals surface area (Å²) in [6, 6.07) is 77.7. The number of fused-ring (bicyclic) bond motifs is 9. The number of para-hydroxylation sites is 1. The molecule has 0 saturated heterocycles. The predicted octanol–water partition coefficient (Wildman–Crippen LogP) is 16.0. The minimum absolute atomic E-state index is 1.11. The Labute approximate surface area is 330 Å². The number of thiophene rings is 1. The standard InChI is InChI=1S/C54H35NS/c1-2-12-36(13-3-1)37-22-24-39(25-23-37)43-14-8-10-20-52(43)55(42-31-32-48-46-17-5-4-15-44(46)45-16-6-7-18-47(45)50(48)35-42)41-29-26-38(27-30-41)40-28-33-54-51(34-40)49-19-9-11-21-53(49)56-54/h1-35H. The molecule has 0 radical (unpaired) electrons. The maximum atomic E-state index is 2.43. The van der Waals surface area contributed by atoms with E-state index in [9.17, 15) is 0 Å². The van der Waals surface area contributed by atoms with Gasteiger partial charge in [-0.3, -0.25) is 0 Å². The molecule has 1 heterocycles. The van der Waals surface area contributed by atoms with E-state index in [1.54, 1.807) is 0 Å². The predicted molar refractivity (Wildman–Crippen MR) is 243 cm³/mol. The van der Waals surface area contributed by atoms with E-state index in [4.69, 9.17) is 0 Å². The van der Waals surface area contributed by atoms with Crippen LogP contribution in [0.4, 0.5) is 17.1 Å². The van der Waals surface area contributed by atoms with Crippen LogP contribution in [0, 0.1) is 0 Å². The van der Waals surface area contributed by atoms with Gasteiger partial charge in [0.15, 0.2) is 0 Å². The summed E-state index contributed by atoms with van der Waals surface area (Å²) in [5.74, 6) is 0. The average Bonchev–Trinajstić information content (AvgIpc) is 3.65. The number of hydrogen-bond acceptors (Lipinski definition) is 2. The molecule has 262 valence electrons. The van der Waals surface area contributed by atoms with Crippen molar-refractivity contribution in [1.29, 1.82) is 0 Å². The van der Waals surface area contributed by atoms with Gasteiger partial charge in [0.25, 0.3) is 0 Å². The topological polar surface area (TPSA) is 3.24 Å². The number of anilines is 3. The lowest BCUT2D eigenvalue weighted by Crippen LogP contribution is -2.11. The Bertz CT molecular complexity index is 3200. The quantitative estimate of drug-likeness (QED) is 0.154. The van der Waals surface area contributed by atoms with Crippen molar-refractivity contribution in [3.63, 3.8) is 0 Å². The van der Waals surface area contributed by atoms with Crippen molar-refractivity contribution in [3.8, 4) is 33.4 Å². The summed E-state index contributed by atoms with van der Waals surface area (Å²) in [6.07, 6.45) is 0. The zero-order valence-electron chi connectivity index (χ0n) is 30.6. The highest BCUT2D eigenvalue weighted by atomic mass is 32.1. The Kier molecular flexibility index (Phi) is 7.75. The van der Waals surface area contributed by atoms with E-state index in [0.717, 1.165) is 17.1 Å². The molecule has 0 unspecified atom stereocenters. The first-order chi connectivity index (χ1) is 27.8. The van der Waals surface area contributed by atoms with Gasteiger partial charge in [0, 0.05) is 37.1 Å². The maximum absolute atomic E-state index is 2.43. The molecule has 11 aromatic rings. The van der Waals surface area contributed by atoms with Gasteiger partial charge < -0.3 is 4.90 Å². The molecule has 0 fully saturated rings. The molecular weight excluding hydrogens is 695 g/mol. The number of benzene rings is 10. The largest absolute Gasteiger partial charge is 0.310 e. The first-order valence-electron chi connectivity index (χ1n) is 19.2. The lowest BCUT2D eigenvalue weighted by atomic mass is 9.93. The van der Waals surface area contributed by atoms with Crippen LogP contribution in [0.1, 0.15) is 0 Å². The monoisotopic (exact) mass is 729 g/mol. The molecule has 0 amide bonds. The summed E-state index contributed by atoms with van der Waals surface area (Å²) >= 11 is 1.86. The molecule has 10 aromatic carbocycles. The van der Waals surface area contributed by atoms with Gasteiger partial charge in [-0.05, 0) is 109 Å². The van der Waals surface area contributed by atoms with Crippen LogP contribution in [0.25, 0.3) is 85.9 Å². The molecule has 2 heteroatoms. The summed E-state index contributed by atoms with van der Waals surface area (Å²) in [5.41, 5.74) is 10.6. The van der Waals surface area contributed by atoms with E-state index in [1.165, 1.54) is 85.9 Å². The van der Waals surface area contributed by atoms with E-state index in [1.807, 2.05) is 11.3 Å². The summed E-state index contributed by atoms with van der Waals surface area (Å²) < 4.78 is 2.65. The van der Waals surface area contributed by atoms with Crippen molar-refractivity contribution in [2.24, 2.45) is 0 Å². The molecule has 0 N–H and O–H groups in total. The van der Waals surface area contributed by atoms with Crippen molar-refractivity contribution in [1.82, 2.24) is 0 Å². The van der Waals surface area contributed by atoms with Crippen LogP contribution in [0.15, 0.2) is 212 Å². The molecule has 1 aromatic heterocycles. The van der Waals surface area contributed by atoms with Gasteiger partial charge >= 0.3 is 0 Å². The number of hydrogen-bond donors (Lipinski definition) is 0. The first-order valence-corrected chi connectivity index (χ1v) is 20.0. The van der Waals surface area contributed by atoms with E-state index < -0.39 is 0 Å². The van der Waals surface area contributed by atoms with Gasteiger partial charge in [0.1, 0.15) is 0 Å². The molecule has 11 rings (SSSR count). The Hall–Kier alpha value is -7.00. The third kappa shape index (κ3) is 5.46. The molecular formula is C54H35NS. The Balaban J connectivity index is 1.08. The van der Waals surface area contributed by atoms with Gasteiger partial charge in [0.05, 0.1) is 5.69 Å². The van der Waals surface area contributed by atoms with Crippen LogP contribution in [-0.4, -0.2) is 0 Å². The smallest absolute Gasteiger partial charge is 0.0540 e. The molecule has 0 aliphatic rings. The minimum Gasteiger partial charge on any atom is -0.310 e. The van der Waals surface area contributed by atoms with Gasteiger partial charge in [0.2, 0.25) is 0 Å². The van der Waals surface area contributed by atoms with Crippen LogP contribution >= 0.6 is 11.3 Å². The van der Waals surface area contributed by atoms with Crippen molar-refractivity contribution >= 4 is 80.9 Å². The van der Waals surface area contributed by atoms with Crippen molar-refractivity contribution < 1.29 is 0 Å². The molecule has 1 nitrogen and oxygen atoms in total. The van der Waals surface area contributed by atoms with Crippen LogP contribution < -0.4 is 4.90 Å². The van der Waals surface area contributed by atoms with E-state index in [0.29, 0.717) is 0 Å². The maximum Gasteiger partial charge on any atom is 0.0540 e. The van der Waals surface area contributed by atoms with Gasteiger partial charge in [-0.2, -0.15) is 0 Å². The third-order valence-corrected chi connectivity index (χ3v) is 12.4. The average molecular weight is 730 g/mol. The second-order valence-corrected chi connectivity index (χ2v) is 15.6. The highest BCUT2D eigenvalue weighted by Crippen LogP contribution is 2.45.